The molecule has 4 atom stereocenters. The van der Waals surface area contributed by atoms with Gasteiger partial charge in [0.25, 0.3) is 0 Å². The minimum atomic E-state index is -4.61. The van der Waals surface area contributed by atoms with Crippen LogP contribution in [0.4, 0.5) is 0 Å². The summed E-state index contributed by atoms with van der Waals surface area (Å²) in [5, 5.41) is 27.4. The van der Waals surface area contributed by atoms with Crippen LogP contribution in [0.1, 0.15) is 39.5 Å². The van der Waals surface area contributed by atoms with E-state index in [9.17, 15) is 24.2 Å². The van der Waals surface area contributed by atoms with Crippen molar-refractivity contribution in [2.24, 2.45) is 0 Å². The van der Waals surface area contributed by atoms with Gasteiger partial charge in [-0.2, -0.15) is 0 Å². The topological polar surface area (TPSA) is 178 Å². The number of carbonyl (C=O) groups is 2. The number of hydrogen-bond acceptors (Lipinski definition) is 11. The fraction of sp³-hybridized carbons (Fsp3) is 0.882. The van der Waals surface area contributed by atoms with E-state index in [1.165, 1.54) is 0 Å². The molecule has 30 heavy (non-hydrogen) atoms. The Bertz CT molecular complexity index is 529. The second kappa shape index (κ2) is 16.6. The van der Waals surface area contributed by atoms with Crippen molar-refractivity contribution >= 4 is 19.8 Å². The van der Waals surface area contributed by atoms with Crippen LogP contribution >= 0.6 is 7.82 Å². The van der Waals surface area contributed by atoms with Gasteiger partial charge >= 0.3 is 19.8 Å². The van der Waals surface area contributed by atoms with Crippen LogP contribution in [0.3, 0.4) is 0 Å². The van der Waals surface area contributed by atoms with Gasteiger partial charge in [0, 0.05) is 12.8 Å². The molecule has 0 bridgehead atoms. The average molecular weight is 460 g/mol. The summed E-state index contributed by atoms with van der Waals surface area (Å²) in [6, 6.07) is 0. The highest BCUT2D eigenvalue weighted by Gasteiger charge is 2.27. The van der Waals surface area contributed by atoms with Crippen molar-refractivity contribution in [3.8, 4) is 0 Å². The lowest BCUT2D eigenvalue weighted by Gasteiger charge is -2.20. The van der Waals surface area contributed by atoms with Crippen LogP contribution in [0.15, 0.2) is 0 Å². The third-order valence-corrected chi connectivity index (χ3v) is 4.27. The first-order valence-electron chi connectivity index (χ1n) is 9.65. The molecule has 3 unspecified atom stereocenters. The zero-order chi connectivity index (χ0) is 23.0. The zero-order valence-corrected chi connectivity index (χ0v) is 18.2. The Labute approximate surface area is 175 Å². The summed E-state index contributed by atoms with van der Waals surface area (Å²) >= 11 is 0. The number of ether oxygens (including phenoxy) is 3. The molecule has 0 saturated carbocycles. The Morgan fingerprint density at radius 3 is 2.03 bits per heavy atom. The van der Waals surface area contributed by atoms with Crippen LogP contribution < -0.4 is 0 Å². The van der Waals surface area contributed by atoms with Crippen molar-refractivity contribution in [3.63, 3.8) is 0 Å². The molecule has 0 aromatic carbocycles. The van der Waals surface area contributed by atoms with Gasteiger partial charge in [-0.15, -0.1) is 0 Å². The SMILES string of the molecule is CCCC(=O)OC[C@H](COP(=O)(O)OCC(O)COCC(O)CO)OC(=O)CCC. The summed E-state index contributed by atoms with van der Waals surface area (Å²) in [4.78, 5) is 32.9. The third kappa shape index (κ3) is 15.7. The maximum Gasteiger partial charge on any atom is 0.472 e. The molecule has 0 spiro atoms. The molecular formula is C17H33O12P. The van der Waals surface area contributed by atoms with Crippen molar-refractivity contribution in [1.82, 2.24) is 0 Å². The van der Waals surface area contributed by atoms with Crippen LogP contribution in [0, 0.1) is 0 Å². The van der Waals surface area contributed by atoms with Crippen molar-refractivity contribution < 1.29 is 57.6 Å². The molecule has 0 heterocycles. The maximum absolute atomic E-state index is 11.9. The summed E-state index contributed by atoms with van der Waals surface area (Å²) < 4.78 is 36.3. The Kier molecular flexibility index (Phi) is 16.0. The highest BCUT2D eigenvalue weighted by atomic mass is 31.2. The molecule has 12 nitrogen and oxygen atoms in total. The number of esters is 2. The molecule has 0 rings (SSSR count). The Morgan fingerprint density at radius 2 is 1.43 bits per heavy atom. The summed E-state index contributed by atoms with van der Waals surface area (Å²) in [6.07, 6.45) is -2.13. The van der Waals surface area contributed by atoms with Gasteiger partial charge in [-0.3, -0.25) is 18.6 Å². The Morgan fingerprint density at radius 1 is 0.867 bits per heavy atom. The van der Waals surface area contributed by atoms with E-state index in [2.05, 4.69) is 4.52 Å². The Hall–Kier alpha value is -1.11. The maximum atomic E-state index is 11.9. The average Bonchev–Trinajstić information content (AvgIpc) is 2.69. The number of aliphatic hydroxyl groups is 3. The molecule has 0 fully saturated rings. The smallest absolute Gasteiger partial charge is 0.462 e. The van der Waals surface area contributed by atoms with Crippen LogP contribution in [0.25, 0.3) is 0 Å². The van der Waals surface area contributed by atoms with Crippen LogP contribution in [-0.2, 0) is 37.4 Å². The summed E-state index contributed by atoms with van der Waals surface area (Å²) in [5.41, 5.74) is 0. The van der Waals surface area contributed by atoms with Crippen LogP contribution in [0.2, 0.25) is 0 Å². The first-order valence-corrected chi connectivity index (χ1v) is 11.1. The van der Waals surface area contributed by atoms with Crippen molar-refractivity contribution in [1.29, 1.82) is 0 Å². The van der Waals surface area contributed by atoms with Gasteiger partial charge < -0.3 is 34.4 Å². The number of phosphoric acid groups is 1. The first kappa shape index (κ1) is 28.9. The van der Waals surface area contributed by atoms with Crippen LogP contribution in [0.5, 0.6) is 0 Å². The van der Waals surface area contributed by atoms with E-state index in [0.29, 0.717) is 12.8 Å². The molecule has 0 aromatic heterocycles. The Balaban J connectivity index is 4.48. The quantitative estimate of drug-likeness (QED) is 0.158. The van der Waals surface area contributed by atoms with E-state index < -0.39 is 57.9 Å². The molecule has 0 amide bonds. The second-order valence-corrected chi connectivity index (χ2v) is 7.84. The summed E-state index contributed by atoms with van der Waals surface area (Å²) in [6.45, 7) is 0.957. The standard InChI is InChI=1S/C17H33O12P/c1-3-5-16(21)26-11-15(29-17(22)6-4-2)12-28-30(23,24)27-10-14(20)9-25-8-13(19)7-18/h13-15,18-20H,3-12H2,1-2H3,(H,23,24)/t13?,14?,15-/m1/s1. The molecule has 0 radical (unpaired) electrons. The highest BCUT2D eigenvalue weighted by molar-refractivity contribution is 7.47. The van der Waals surface area contributed by atoms with Crippen LogP contribution in [-0.4, -0.2) is 90.1 Å². The molecule has 13 heteroatoms. The van der Waals surface area contributed by atoms with Crippen molar-refractivity contribution in [3.05, 3.63) is 0 Å². The van der Waals surface area contributed by atoms with Gasteiger partial charge in [0.2, 0.25) is 0 Å². The molecular weight excluding hydrogens is 427 g/mol. The fourth-order valence-electron chi connectivity index (χ4n) is 1.86. The summed E-state index contributed by atoms with van der Waals surface area (Å²) in [5.74, 6) is -1.09. The van der Waals surface area contributed by atoms with E-state index in [4.69, 9.17) is 28.9 Å². The number of carbonyl (C=O) groups excluding carboxylic acids is 2. The van der Waals surface area contributed by atoms with Gasteiger partial charge in [0.1, 0.15) is 18.8 Å². The minimum Gasteiger partial charge on any atom is -0.462 e. The number of hydrogen-bond donors (Lipinski definition) is 4. The van der Waals surface area contributed by atoms with E-state index >= 15 is 0 Å². The molecule has 0 aliphatic carbocycles. The molecule has 0 saturated heterocycles. The van der Waals surface area contributed by atoms with E-state index in [1.54, 1.807) is 13.8 Å². The van der Waals surface area contributed by atoms with Gasteiger partial charge in [0.05, 0.1) is 33.0 Å². The molecule has 0 aliphatic rings. The normalized spacial score (nSPS) is 16.3. The lowest BCUT2D eigenvalue weighted by molar-refractivity contribution is -0.161. The molecule has 4 N–H and O–H groups in total. The zero-order valence-electron chi connectivity index (χ0n) is 17.3. The number of aliphatic hydroxyl groups excluding tert-OH is 3. The molecule has 178 valence electrons. The predicted octanol–water partition coefficient (Wildman–Crippen LogP) is -0.0941. The van der Waals surface area contributed by atoms with Gasteiger partial charge in [0.15, 0.2) is 6.10 Å². The lowest BCUT2D eigenvalue weighted by Crippen LogP contribution is -2.30. The van der Waals surface area contributed by atoms with Crippen molar-refractivity contribution in [2.75, 3.05) is 39.6 Å². The van der Waals surface area contributed by atoms with Gasteiger partial charge in [-0.1, -0.05) is 13.8 Å². The summed E-state index contributed by atoms with van der Waals surface area (Å²) in [7, 11) is -4.61. The third-order valence-electron chi connectivity index (χ3n) is 3.32. The predicted molar refractivity (Wildman–Crippen MR) is 102 cm³/mol. The largest absolute Gasteiger partial charge is 0.472 e. The number of rotatable bonds is 18. The fourth-order valence-corrected chi connectivity index (χ4v) is 2.65. The second-order valence-electron chi connectivity index (χ2n) is 6.38. The van der Waals surface area contributed by atoms with E-state index in [1.807, 2.05) is 0 Å². The molecule has 0 aliphatic heterocycles. The van der Waals surface area contributed by atoms with Crippen molar-refractivity contribution in [2.45, 2.75) is 57.8 Å². The van der Waals surface area contributed by atoms with E-state index in [0.717, 1.165) is 0 Å². The molecule has 0 aromatic rings. The van der Waals surface area contributed by atoms with Gasteiger partial charge in [-0.05, 0) is 12.8 Å². The van der Waals surface area contributed by atoms with Gasteiger partial charge in [-0.25, -0.2) is 4.57 Å². The monoisotopic (exact) mass is 460 g/mol. The first-order chi connectivity index (χ1) is 14.1. The minimum absolute atomic E-state index is 0.115. The lowest BCUT2D eigenvalue weighted by atomic mass is 10.3. The number of phosphoric ester groups is 1. The highest BCUT2D eigenvalue weighted by Crippen LogP contribution is 2.43. The van der Waals surface area contributed by atoms with E-state index in [-0.39, 0.29) is 32.7 Å².